The number of nitro benzene ring substituents is 5. The third kappa shape index (κ3) is 43.8. The first-order valence-corrected chi connectivity index (χ1v) is 41.5. The summed E-state index contributed by atoms with van der Waals surface area (Å²) in [6.07, 6.45) is -1.36. The van der Waals surface area contributed by atoms with Crippen LogP contribution < -0.4 is 38.9 Å². The summed E-state index contributed by atoms with van der Waals surface area (Å²) >= 11 is 0. The van der Waals surface area contributed by atoms with Gasteiger partial charge in [-0.25, -0.2) is 28.0 Å². The second kappa shape index (κ2) is 55.4. The SMILES string of the molecule is CC(C)(C)OC(=O)N1CCN(c2ccc([N+](=O)[O-])cc2CC(=O)O)CC1.CC(C)(C)OC(=O)N1CCNCC1.CC[C@@H](C)O.CC[C@@H](C)OC(=O)Cc1cc([N+](=O)[O-])ccc1N1CCN(C(=O)OC(C)(C)C)CC1.COC(=O)Cc1cc([N+](=O)[O-])ccc1F.COC(=O)Cc1cc([N+](=O)[O-])ccc1N1CCN(C(=O)OC(C)(C)C)CC1.O=C(O)Cc1cc([N+](=O)[O-])ccc1F.[Li+].[OH-]. The van der Waals surface area contributed by atoms with Gasteiger partial charge in [0.25, 0.3) is 28.4 Å². The van der Waals surface area contributed by atoms with Gasteiger partial charge in [0.1, 0.15) is 34.0 Å². The number of carboxylic acids is 2. The first-order valence-electron chi connectivity index (χ1n) is 41.5. The number of nitrogens with one attached hydrogen (secondary N) is 1. The van der Waals surface area contributed by atoms with Crippen LogP contribution in [0.3, 0.4) is 0 Å². The van der Waals surface area contributed by atoms with Gasteiger partial charge in [-0.05, 0) is 157 Å². The number of nitrogens with zero attached hydrogens (tertiary/aromatic N) is 12. The minimum Gasteiger partial charge on any atom is -0.870 e. The summed E-state index contributed by atoms with van der Waals surface area (Å²) in [6, 6.07) is 19.0. The monoisotopic (exact) mass is 1860 g/mol. The molecule has 9 rings (SSSR count). The van der Waals surface area contributed by atoms with E-state index in [1.54, 1.807) is 65.5 Å². The number of carbonyl (C=O) groups excluding carboxylic acids is 7. The fourth-order valence-electron chi connectivity index (χ4n) is 11.9. The van der Waals surface area contributed by atoms with Crippen LogP contribution >= 0.6 is 0 Å². The minimum atomic E-state index is -1.23. The fraction of sp³-hybridized carbons (Fsp3) is 0.547. The molecule has 4 saturated heterocycles. The van der Waals surface area contributed by atoms with Crippen LogP contribution in [0.5, 0.6) is 0 Å². The van der Waals surface area contributed by atoms with Crippen molar-refractivity contribution in [1.82, 2.24) is 24.9 Å². The summed E-state index contributed by atoms with van der Waals surface area (Å²) in [5.74, 6) is -5.23. The van der Waals surface area contributed by atoms with Crippen LogP contribution in [0.2, 0.25) is 0 Å². The number of nitro groups is 5. The number of methoxy groups -OCH3 is 2. The number of non-ortho nitro benzene ring substituents is 5. The van der Waals surface area contributed by atoms with Crippen LogP contribution in [0.1, 0.15) is 151 Å². The molecule has 0 bridgehead atoms. The van der Waals surface area contributed by atoms with Gasteiger partial charge in [-0.3, -0.25) is 74.5 Å². The van der Waals surface area contributed by atoms with Crippen molar-refractivity contribution in [2.75, 3.05) is 134 Å². The Hall–Kier alpha value is -12.7. The average Bonchev–Trinajstić information content (AvgIpc) is 0.814. The Bertz CT molecular complexity index is 4700. The maximum absolute atomic E-state index is 13.1. The molecule has 4 heterocycles. The van der Waals surface area contributed by atoms with Crippen LogP contribution in [-0.4, -0.2) is 273 Å². The van der Waals surface area contributed by atoms with Gasteiger partial charge in [0.15, 0.2) is 0 Å². The van der Waals surface area contributed by atoms with Gasteiger partial charge in [0.2, 0.25) is 0 Å². The van der Waals surface area contributed by atoms with E-state index in [4.69, 9.17) is 43.7 Å². The van der Waals surface area contributed by atoms with Crippen molar-refractivity contribution in [3.05, 3.63) is 181 Å². The zero-order valence-corrected chi connectivity index (χ0v) is 78.1. The zero-order chi connectivity index (χ0) is 98.5. The molecule has 4 amide bonds. The van der Waals surface area contributed by atoms with Crippen molar-refractivity contribution >= 4 is 99.7 Å². The number of aliphatic hydroxyl groups is 1. The number of hydrogen-bond acceptors (Lipinski definition) is 32. The number of hydrogen-bond donors (Lipinski definition) is 4. The van der Waals surface area contributed by atoms with Crippen molar-refractivity contribution in [3.63, 3.8) is 0 Å². The molecule has 132 heavy (non-hydrogen) atoms. The van der Waals surface area contributed by atoms with E-state index in [-0.39, 0.29) is 132 Å². The quantitative estimate of drug-likeness (QED) is 0.0175. The maximum atomic E-state index is 13.1. The molecule has 2 atom stereocenters. The fourth-order valence-corrected chi connectivity index (χ4v) is 11.9. The van der Waals surface area contributed by atoms with Crippen molar-refractivity contribution in [1.29, 1.82) is 0 Å². The normalized spacial score (nSPS) is 14.0. The number of carbonyl (C=O) groups is 9. The molecule has 5 aromatic rings. The molecule has 4 aliphatic rings. The first-order chi connectivity index (χ1) is 60.5. The van der Waals surface area contributed by atoms with Crippen LogP contribution in [-0.2, 0) is 89.2 Å². The van der Waals surface area contributed by atoms with E-state index in [9.17, 15) is 103 Å². The predicted molar refractivity (Wildman–Crippen MR) is 474 cm³/mol. The number of anilines is 3. The molecule has 0 saturated carbocycles. The molecule has 0 aliphatic carbocycles. The van der Waals surface area contributed by atoms with Gasteiger partial charge in [0, 0.05) is 194 Å². The summed E-state index contributed by atoms with van der Waals surface area (Å²) in [5.41, 5.74) is 0.407. The number of rotatable bonds is 21. The van der Waals surface area contributed by atoms with E-state index < -0.39 is 89.3 Å². The average molecular weight is 1860 g/mol. The Morgan fingerprint density at radius 1 is 0.386 bits per heavy atom. The number of aliphatic carboxylic acids is 2. The summed E-state index contributed by atoms with van der Waals surface area (Å²) in [4.78, 5) is 168. The second-order valence-electron chi connectivity index (χ2n) is 33.6. The molecular formula is C86H122F2LiN13O30. The van der Waals surface area contributed by atoms with Gasteiger partial charge in [-0.2, -0.15) is 0 Å². The van der Waals surface area contributed by atoms with Crippen molar-refractivity contribution in [3.8, 4) is 0 Å². The van der Waals surface area contributed by atoms with Crippen LogP contribution in [0.15, 0.2) is 91.0 Å². The molecule has 0 unspecified atom stereocenters. The molecule has 5 aromatic carbocycles. The number of ether oxygens (including phenoxy) is 7. The van der Waals surface area contributed by atoms with Gasteiger partial charge in [-0.1, -0.05) is 13.8 Å². The first kappa shape index (κ1) is 117. The Kier molecular flexibility index (Phi) is 49.3. The molecule has 0 radical (unpaired) electrons. The van der Waals surface area contributed by atoms with Crippen molar-refractivity contribution in [2.24, 2.45) is 0 Å². The number of aliphatic hydroxyl groups excluding tert-OH is 1. The largest absolute Gasteiger partial charge is 1.00 e. The number of halogens is 2. The second-order valence-corrected chi connectivity index (χ2v) is 33.6. The van der Waals surface area contributed by atoms with E-state index in [0.717, 1.165) is 87.5 Å². The van der Waals surface area contributed by atoms with E-state index >= 15 is 0 Å². The standard InChI is InChI=1S/C21H31N3O6.C18H25N3O6.C17H23N3O6.C9H8FNO4.C9H18N2O2.C8H6FNO4.C4H10O.Li.H2O/c1-6-15(2)29-19(25)14-16-13-17(24(27)28)7-8-18(16)22-9-11-23(12-10-22)20(26)30-21(3,4)5;1-18(2,3)27-17(23)20-9-7-19(8-10-20)15-6-5-14(21(24)25)11-13(15)12-16(22)26-4;1-17(2,3)26-16(23)19-8-6-18(7-9-19)14-5-4-13(20(24)25)10-12(14)11-15(21)22;1-15-9(12)5-6-4-7(11(13)14)2-3-8(6)10;1-9(2,3)13-8(12)11-6-4-10-5-7-11;9-7-2-1-6(10(13)14)3-5(7)4-8(11)12;1-3-4(2)5;;/h7-8,13,15H,6,9-12,14H2,1-5H3;5-6,11H,7-10,12H2,1-4H3;4-5,10H,6-9,11H2,1-3H3,(H,21,22);2-4H,5H2,1H3;10H,4-7H2,1-3H3;1-3H,4H2,(H,11,12);4-5H,3H2,1-2H3;;1H2/q;;;;;;;+1;/p-1/t15-;;;;;;4-;;/m1.....1../s1. The summed E-state index contributed by atoms with van der Waals surface area (Å²) in [7, 11) is 2.44. The van der Waals surface area contributed by atoms with E-state index in [2.05, 4.69) is 10.1 Å². The topological polar surface area (TPSA) is 559 Å². The molecule has 43 nitrogen and oxygen atoms in total. The molecule has 726 valence electrons. The van der Waals surface area contributed by atoms with E-state index in [1.165, 1.54) is 43.5 Å². The maximum Gasteiger partial charge on any atom is 1.00 e. The molecule has 46 heteroatoms. The minimum absolute atomic E-state index is 0. The number of esters is 3. The molecular weight excluding hydrogens is 1740 g/mol. The summed E-state index contributed by atoms with van der Waals surface area (Å²) in [5, 5.41) is 82.9. The molecule has 0 aromatic heterocycles. The van der Waals surface area contributed by atoms with Crippen LogP contribution in [0.4, 0.5) is 73.5 Å². The van der Waals surface area contributed by atoms with E-state index in [1.807, 2.05) is 97.8 Å². The Morgan fingerprint density at radius 3 is 0.856 bits per heavy atom. The predicted octanol–water partition coefficient (Wildman–Crippen LogP) is 9.42. The Balaban J connectivity index is 0.000000801. The third-order valence-electron chi connectivity index (χ3n) is 18.5. The van der Waals surface area contributed by atoms with E-state index in [0.29, 0.717) is 107 Å². The number of amides is 4. The van der Waals surface area contributed by atoms with Gasteiger partial charge < -0.3 is 93.6 Å². The van der Waals surface area contributed by atoms with Crippen LogP contribution in [0.25, 0.3) is 0 Å². The third-order valence-corrected chi connectivity index (χ3v) is 18.5. The summed E-state index contributed by atoms with van der Waals surface area (Å²) < 4.78 is 61.8. The summed E-state index contributed by atoms with van der Waals surface area (Å²) in [6.45, 7) is 38.4. The van der Waals surface area contributed by atoms with Gasteiger partial charge >= 0.3 is 73.1 Å². The Morgan fingerprint density at radius 2 is 0.614 bits per heavy atom. The van der Waals surface area contributed by atoms with Gasteiger partial charge in [-0.15, -0.1) is 0 Å². The van der Waals surface area contributed by atoms with Crippen LogP contribution in [0, 0.1) is 62.2 Å². The van der Waals surface area contributed by atoms with Crippen molar-refractivity contribution < 1.29 is 149 Å². The Labute approximate surface area is 775 Å². The number of piperazine rings is 4. The molecule has 5 N–H and O–H groups in total. The molecule has 4 fully saturated rings. The molecule has 0 spiro atoms. The number of carboxylic acid groups (broad SMARTS) is 2. The van der Waals surface area contributed by atoms with Gasteiger partial charge in [0.05, 0.1) is 83.1 Å². The molecule has 4 aliphatic heterocycles. The number of benzene rings is 5. The smallest absolute Gasteiger partial charge is 0.870 e. The van der Waals surface area contributed by atoms with Crippen molar-refractivity contribution in [2.45, 2.75) is 190 Å². The zero-order valence-electron chi connectivity index (χ0n) is 78.1.